The molecule has 2 aromatic rings. The summed E-state index contributed by atoms with van der Waals surface area (Å²) in [7, 11) is 4.11. The van der Waals surface area contributed by atoms with Crippen LogP contribution in [0.15, 0.2) is 42.5 Å². The minimum Gasteiger partial charge on any atom is -0.492 e. The Morgan fingerprint density at radius 2 is 1.72 bits per heavy atom. The molecule has 0 aliphatic carbocycles. The molecular weight excluding hydrogens is 364 g/mol. The molecule has 5 heteroatoms. The molecule has 3 atom stereocenters. The lowest BCUT2D eigenvalue weighted by molar-refractivity contribution is 0.0736. The number of β-amino-alcohol motifs (C(OH)–C–C–N with tert-alkyl or cyclic N) is 1. The zero-order valence-corrected chi connectivity index (χ0v) is 18.3. The number of ether oxygens (including phenoxy) is 2. The van der Waals surface area contributed by atoms with Crippen LogP contribution in [-0.2, 0) is 6.54 Å². The van der Waals surface area contributed by atoms with E-state index in [1.165, 1.54) is 16.7 Å². The first kappa shape index (κ1) is 21.6. The standard InChI is InChI=1S/C24H34N2O3/c1-17-6-9-22(12-18(17)2)29-24-15-26(14-23(24)27)13-20-7-10-21(11-8-20)28-16-19(3)25(4)5/h6-12,19,23-24,27H,13-16H2,1-5H3/t19-,23-,24-/m0/s1. The number of benzene rings is 2. The highest BCUT2D eigenvalue weighted by Crippen LogP contribution is 2.23. The van der Waals surface area contributed by atoms with Gasteiger partial charge in [-0.2, -0.15) is 0 Å². The van der Waals surface area contributed by atoms with Gasteiger partial charge in [-0.05, 0) is 75.8 Å². The van der Waals surface area contributed by atoms with E-state index in [4.69, 9.17) is 9.47 Å². The van der Waals surface area contributed by atoms with E-state index in [0.29, 0.717) is 25.7 Å². The molecule has 0 aromatic heterocycles. The molecule has 0 bridgehead atoms. The van der Waals surface area contributed by atoms with Crippen molar-refractivity contribution in [2.24, 2.45) is 0 Å². The van der Waals surface area contributed by atoms with Crippen molar-refractivity contribution in [2.75, 3.05) is 33.8 Å². The minimum atomic E-state index is -0.480. The van der Waals surface area contributed by atoms with Crippen molar-refractivity contribution in [2.45, 2.75) is 45.6 Å². The molecule has 29 heavy (non-hydrogen) atoms. The van der Waals surface area contributed by atoms with Crippen molar-refractivity contribution in [1.82, 2.24) is 9.80 Å². The summed E-state index contributed by atoms with van der Waals surface area (Å²) < 4.78 is 11.9. The third-order valence-corrected chi connectivity index (χ3v) is 5.78. The number of hydrogen-bond acceptors (Lipinski definition) is 5. The zero-order valence-electron chi connectivity index (χ0n) is 18.3. The second-order valence-corrected chi connectivity index (χ2v) is 8.43. The van der Waals surface area contributed by atoms with Gasteiger partial charge in [-0.15, -0.1) is 0 Å². The highest BCUT2D eigenvalue weighted by atomic mass is 16.5. The molecule has 0 amide bonds. The van der Waals surface area contributed by atoms with Gasteiger partial charge >= 0.3 is 0 Å². The van der Waals surface area contributed by atoms with Gasteiger partial charge < -0.3 is 19.5 Å². The van der Waals surface area contributed by atoms with Crippen molar-refractivity contribution in [3.63, 3.8) is 0 Å². The summed E-state index contributed by atoms with van der Waals surface area (Å²) in [5.41, 5.74) is 3.65. The smallest absolute Gasteiger partial charge is 0.138 e. The van der Waals surface area contributed by atoms with E-state index in [1.807, 2.05) is 24.3 Å². The van der Waals surface area contributed by atoms with Gasteiger partial charge in [0, 0.05) is 25.7 Å². The van der Waals surface area contributed by atoms with Crippen LogP contribution in [0.2, 0.25) is 0 Å². The third kappa shape index (κ3) is 5.95. The summed E-state index contributed by atoms with van der Waals surface area (Å²) in [6, 6.07) is 14.7. The highest BCUT2D eigenvalue weighted by Gasteiger charge is 2.33. The average molecular weight is 399 g/mol. The van der Waals surface area contributed by atoms with Gasteiger partial charge in [0.25, 0.3) is 0 Å². The Kier molecular flexibility index (Phi) is 7.17. The second kappa shape index (κ2) is 9.61. The Balaban J connectivity index is 1.51. The highest BCUT2D eigenvalue weighted by molar-refractivity contribution is 5.34. The first-order chi connectivity index (χ1) is 13.8. The van der Waals surface area contributed by atoms with Crippen molar-refractivity contribution < 1.29 is 14.6 Å². The van der Waals surface area contributed by atoms with Crippen molar-refractivity contribution in [3.05, 3.63) is 59.2 Å². The Hall–Kier alpha value is -2.08. The molecule has 2 aromatic carbocycles. The van der Waals surface area contributed by atoms with E-state index in [0.717, 1.165) is 18.0 Å². The van der Waals surface area contributed by atoms with E-state index in [1.54, 1.807) is 0 Å². The number of likely N-dealkylation sites (N-methyl/N-ethyl adjacent to an activating group) is 1. The molecule has 1 heterocycles. The summed E-state index contributed by atoms with van der Waals surface area (Å²) in [6.45, 7) is 9.10. The molecule has 0 spiro atoms. The SMILES string of the molecule is Cc1ccc(O[C@H]2CN(Cc3ccc(OC[C@H](C)N(C)C)cc3)C[C@@H]2O)cc1C. The molecular formula is C24H34N2O3. The molecule has 0 unspecified atom stereocenters. The van der Waals surface area contributed by atoms with E-state index < -0.39 is 6.10 Å². The number of likely N-dealkylation sites (tertiary alicyclic amines) is 1. The number of aliphatic hydroxyl groups is 1. The predicted octanol–water partition coefficient (Wildman–Crippen LogP) is 3.26. The largest absolute Gasteiger partial charge is 0.492 e. The van der Waals surface area contributed by atoms with Crippen molar-refractivity contribution >= 4 is 0 Å². The van der Waals surface area contributed by atoms with E-state index >= 15 is 0 Å². The molecule has 0 radical (unpaired) electrons. The van der Waals surface area contributed by atoms with Crippen LogP contribution in [0, 0.1) is 13.8 Å². The average Bonchev–Trinajstić information content (AvgIpc) is 3.02. The van der Waals surface area contributed by atoms with Gasteiger partial charge in [0.1, 0.15) is 30.3 Å². The lowest BCUT2D eigenvalue weighted by Crippen LogP contribution is -2.30. The quantitative estimate of drug-likeness (QED) is 0.740. The summed E-state index contributed by atoms with van der Waals surface area (Å²) >= 11 is 0. The van der Waals surface area contributed by atoms with Gasteiger partial charge in [-0.3, -0.25) is 4.90 Å². The maximum atomic E-state index is 10.4. The number of rotatable bonds is 8. The minimum absolute atomic E-state index is 0.202. The molecule has 3 rings (SSSR count). The van der Waals surface area contributed by atoms with Gasteiger partial charge in [0.2, 0.25) is 0 Å². The first-order valence-electron chi connectivity index (χ1n) is 10.3. The number of aliphatic hydroxyl groups excluding tert-OH is 1. The van der Waals surface area contributed by atoms with Crippen LogP contribution >= 0.6 is 0 Å². The summed E-state index contributed by atoms with van der Waals surface area (Å²) in [5, 5.41) is 10.4. The number of hydrogen-bond donors (Lipinski definition) is 1. The van der Waals surface area contributed by atoms with Gasteiger partial charge in [-0.1, -0.05) is 18.2 Å². The number of aryl methyl sites for hydroxylation is 2. The molecule has 1 aliphatic rings. The lowest BCUT2D eigenvalue weighted by atomic mass is 10.1. The predicted molar refractivity (Wildman–Crippen MR) is 117 cm³/mol. The number of nitrogens with zero attached hydrogens (tertiary/aromatic N) is 2. The molecule has 1 saturated heterocycles. The van der Waals surface area contributed by atoms with Gasteiger partial charge in [0.15, 0.2) is 0 Å². The molecule has 158 valence electrons. The third-order valence-electron chi connectivity index (χ3n) is 5.78. The van der Waals surface area contributed by atoms with Crippen LogP contribution in [0.1, 0.15) is 23.6 Å². The molecule has 5 nitrogen and oxygen atoms in total. The Morgan fingerprint density at radius 1 is 1.03 bits per heavy atom. The normalized spacial score (nSPS) is 20.8. The summed E-state index contributed by atoms with van der Waals surface area (Å²) in [5.74, 6) is 1.72. The molecule has 1 N–H and O–H groups in total. The molecule has 1 aliphatic heterocycles. The monoisotopic (exact) mass is 398 g/mol. The first-order valence-corrected chi connectivity index (χ1v) is 10.3. The van der Waals surface area contributed by atoms with Gasteiger partial charge in [-0.25, -0.2) is 0 Å². The van der Waals surface area contributed by atoms with Crippen LogP contribution in [0.5, 0.6) is 11.5 Å². The van der Waals surface area contributed by atoms with Crippen LogP contribution < -0.4 is 9.47 Å². The maximum absolute atomic E-state index is 10.4. The van der Waals surface area contributed by atoms with Crippen molar-refractivity contribution in [1.29, 1.82) is 0 Å². The topological polar surface area (TPSA) is 45.2 Å². The summed E-state index contributed by atoms with van der Waals surface area (Å²) in [4.78, 5) is 4.38. The summed E-state index contributed by atoms with van der Waals surface area (Å²) in [6.07, 6.45) is -0.682. The van der Waals surface area contributed by atoms with Gasteiger partial charge in [0.05, 0.1) is 0 Å². The Morgan fingerprint density at radius 3 is 2.38 bits per heavy atom. The van der Waals surface area contributed by atoms with Crippen molar-refractivity contribution in [3.8, 4) is 11.5 Å². The fourth-order valence-electron chi connectivity index (χ4n) is 3.35. The van der Waals surface area contributed by atoms with E-state index in [2.05, 4.69) is 62.9 Å². The lowest BCUT2D eigenvalue weighted by Gasteiger charge is -2.20. The van der Waals surface area contributed by atoms with Crippen LogP contribution in [0.3, 0.4) is 0 Å². The fraction of sp³-hybridized carbons (Fsp3) is 0.500. The maximum Gasteiger partial charge on any atom is 0.138 e. The van der Waals surface area contributed by atoms with Crippen LogP contribution in [-0.4, -0.2) is 66.9 Å². The Labute approximate surface area is 174 Å². The fourth-order valence-corrected chi connectivity index (χ4v) is 3.35. The van der Waals surface area contributed by atoms with E-state index in [-0.39, 0.29) is 6.10 Å². The Bertz CT molecular complexity index is 791. The van der Waals surface area contributed by atoms with Crippen LogP contribution in [0.25, 0.3) is 0 Å². The second-order valence-electron chi connectivity index (χ2n) is 8.43. The molecule has 0 saturated carbocycles. The molecule has 1 fully saturated rings. The zero-order chi connectivity index (χ0) is 21.0. The van der Waals surface area contributed by atoms with Crippen LogP contribution in [0.4, 0.5) is 0 Å². The van der Waals surface area contributed by atoms with E-state index in [9.17, 15) is 5.11 Å².